The van der Waals surface area contributed by atoms with Gasteiger partial charge < -0.3 is 10.3 Å². The molecule has 2 N–H and O–H groups in total. The number of amides is 1. The maximum absolute atomic E-state index is 12.7. The predicted molar refractivity (Wildman–Crippen MR) is 82.9 cm³/mol. The summed E-state index contributed by atoms with van der Waals surface area (Å²) >= 11 is 0. The molecule has 0 saturated heterocycles. The van der Waals surface area contributed by atoms with Crippen molar-refractivity contribution in [3.8, 4) is 0 Å². The van der Waals surface area contributed by atoms with Crippen molar-refractivity contribution in [2.75, 3.05) is 0 Å². The van der Waals surface area contributed by atoms with E-state index in [1.54, 1.807) is 0 Å². The predicted octanol–water partition coefficient (Wildman–Crippen LogP) is 3.79. The van der Waals surface area contributed by atoms with E-state index in [9.17, 15) is 22.8 Å². The highest BCUT2D eigenvalue weighted by Crippen LogP contribution is 2.30. The summed E-state index contributed by atoms with van der Waals surface area (Å²) in [6.45, 7) is 3.76. The van der Waals surface area contributed by atoms with Gasteiger partial charge in [-0.15, -0.1) is 0 Å². The molecule has 0 saturated carbocycles. The van der Waals surface area contributed by atoms with Gasteiger partial charge in [-0.2, -0.15) is 13.2 Å². The first kappa shape index (κ1) is 17.8. The van der Waals surface area contributed by atoms with E-state index in [1.807, 2.05) is 13.8 Å². The molecule has 128 valence electrons. The van der Waals surface area contributed by atoms with Gasteiger partial charge in [0.2, 0.25) is 0 Å². The van der Waals surface area contributed by atoms with E-state index in [2.05, 4.69) is 10.3 Å². The molecule has 0 radical (unpaired) electrons. The lowest BCUT2D eigenvalue weighted by atomic mass is 10.0. The van der Waals surface area contributed by atoms with Gasteiger partial charge >= 0.3 is 6.18 Å². The van der Waals surface area contributed by atoms with E-state index in [1.165, 1.54) is 24.4 Å². The van der Waals surface area contributed by atoms with Crippen LogP contribution in [-0.2, 0) is 6.18 Å². The second-order valence-corrected chi connectivity index (χ2v) is 5.49. The van der Waals surface area contributed by atoms with Crippen LogP contribution in [0.3, 0.4) is 0 Å². The summed E-state index contributed by atoms with van der Waals surface area (Å²) in [7, 11) is 0. The minimum Gasteiger partial charge on any atom is -0.356 e. The molecule has 0 bridgehead atoms. The summed E-state index contributed by atoms with van der Waals surface area (Å²) in [5.74, 6) is -0.951. The van der Waals surface area contributed by atoms with Crippen molar-refractivity contribution >= 4 is 11.7 Å². The molecule has 24 heavy (non-hydrogen) atoms. The zero-order valence-electron chi connectivity index (χ0n) is 13.2. The first-order valence-corrected chi connectivity index (χ1v) is 7.43. The van der Waals surface area contributed by atoms with Crippen LogP contribution < -0.4 is 5.32 Å². The molecule has 1 amide bonds. The molecular weight excluding hydrogens is 321 g/mol. The van der Waals surface area contributed by atoms with E-state index in [0.717, 1.165) is 18.6 Å². The number of nitrogens with one attached hydrogen (secondary N) is 2. The molecule has 4 nitrogen and oxygen atoms in total. The van der Waals surface area contributed by atoms with Crippen molar-refractivity contribution in [1.29, 1.82) is 0 Å². The number of ketones is 1. The van der Waals surface area contributed by atoms with Crippen molar-refractivity contribution < 1.29 is 22.8 Å². The topological polar surface area (TPSA) is 62.0 Å². The van der Waals surface area contributed by atoms with Crippen LogP contribution in [0.1, 0.15) is 52.2 Å². The number of alkyl halides is 3. The normalized spacial score (nSPS) is 12.7. The lowest BCUT2D eigenvalue weighted by molar-refractivity contribution is -0.137. The summed E-state index contributed by atoms with van der Waals surface area (Å²) in [6.07, 6.45) is -2.45. The summed E-state index contributed by atoms with van der Waals surface area (Å²) in [6, 6.07) is 5.50. The van der Waals surface area contributed by atoms with Crippen molar-refractivity contribution in [3.05, 3.63) is 58.9 Å². The van der Waals surface area contributed by atoms with Gasteiger partial charge in [-0.25, -0.2) is 0 Å². The summed E-state index contributed by atoms with van der Waals surface area (Å²) < 4.78 is 38.2. The number of carbonyl (C=O) groups is 2. The van der Waals surface area contributed by atoms with Gasteiger partial charge in [-0.3, -0.25) is 9.59 Å². The summed E-state index contributed by atoms with van der Waals surface area (Å²) in [5.41, 5.74) is -0.661. The SMILES string of the molecule is CC[C@@H](C)NC(=O)c1cc(C(=O)c2cccc(C(F)(F)F)c2)c[nH]1. The zero-order valence-corrected chi connectivity index (χ0v) is 13.2. The largest absolute Gasteiger partial charge is 0.416 e. The Morgan fingerprint density at radius 3 is 2.54 bits per heavy atom. The Morgan fingerprint density at radius 2 is 1.92 bits per heavy atom. The lowest BCUT2D eigenvalue weighted by Crippen LogP contribution is -2.32. The molecule has 0 spiro atoms. The van der Waals surface area contributed by atoms with Gasteiger partial charge in [0.05, 0.1) is 5.56 Å². The van der Waals surface area contributed by atoms with Gasteiger partial charge in [0.1, 0.15) is 5.69 Å². The standard InChI is InChI=1S/C17H17F3N2O2/c1-3-10(2)22-16(24)14-8-12(9-21-14)15(23)11-5-4-6-13(7-11)17(18,19)20/h4-10,21H,3H2,1-2H3,(H,22,24)/t10-/m1/s1. The minimum absolute atomic E-state index is 0.0246. The fraction of sp³-hybridized carbons (Fsp3) is 0.294. The molecule has 1 atom stereocenters. The van der Waals surface area contributed by atoms with Crippen LogP contribution in [0.2, 0.25) is 0 Å². The lowest BCUT2D eigenvalue weighted by Gasteiger charge is -2.09. The Morgan fingerprint density at radius 1 is 1.21 bits per heavy atom. The number of carbonyl (C=O) groups excluding carboxylic acids is 2. The molecule has 7 heteroatoms. The van der Waals surface area contributed by atoms with Gasteiger partial charge in [0.25, 0.3) is 5.91 Å². The minimum atomic E-state index is -4.52. The molecule has 1 aromatic carbocycles. The van der Waals surface area contributed by atoms with Gasteiger partial charge in [0, 0.05) is 23.4 Å². The Labute approximate surface area is 137 Å². The van der Waals surface area contributed by atoms with Crippen molar-refractivity contribution in [3.63, 3.8) is 0 Å². The Balaban J connectivity index is 2.21. The Hall–Kier alpha value is -2.57. The fourth-order valence-corrected chi connectivity index (χ4v) is 2.06. The van der Waals surface area contributed by atoms with E-state index >= 15 is 0 Å². The smallest absolute Gasteiger partial charge is 0.356 e. The average molecular weight is 338 g/mol. The zero-order chi connectivity index (χ0) is 17.9. The molecule has 1 aromatic heterocycles. The quantitative estimate of drug-likeness (QED) is 0.815. The number of hydrogen-bond acceptors (Lipinski definition) is 2. The molecule has 0 aliphatic rings. The molecule has 2 rings (SSSR count). The van der Waals surface area contributed by atoms with Gasteiger partial charge in [-0.05, 0) is 31.5 Å². The molecule has 2 aromatic rings. The first-order valence-electron chi connectivity index (χ1n) is 7.43. The average Bonchev–Trinajstić information content (AvgIpc) is 3.03. The van der Waals surface area contributed by atoms with E-state index in [0.29, 0.717) is 0 Å². The molecule has 1 heterocycles. The number of rotatable bonds is 5. The number of halogens is 3. The second kappa shape index (κ2) is 6.90. The van der Waals surface area contributed by atoms with Crippen LogP contribution in [0.15, 0.2) is 36.5 Å². The molecule has 0 unspecified atom stereocenters. The highest BCUT2D eigenvalue weighted by Gasteiger charge is 2.31. The number of hydrogen-bond donors (Lipinski definition) is 2. The third kappa shape index (κ3) is 4.04. The monoisotopic (exact) mass is 338 g/mol. The van der Waals surface area contributed by atoms with Crippen LogP contribution >= 0.6 is 0 Å². The molecule has 0 fully saturated rings. The van der Waals surface area contributed by atoms with Crippen LogP contribution in [-0.4, -0.2) is 22.7 Å². The van der Waals surface area contributed by atoms with Crippen LogP contribution in [0.4, 0.5) is 13.2 Å². The fourth-order valence-electron chi connectivity index (χ4n) is 2.06. The number of aromatic amines is 1. The van der Waals surface area contributed by atoms with E-state index < -0.39 is 17.5 Å². The third-order valence-corrected chi connectivity index (χ3v) is 3.63. The van der Waals surface area contributed by atoms with Crippen LogP contribution in [0.25, 0.3) is 0 Å². The number of H-pyrrole nitrogens is 1. The Bertz CT molecular complexity index is 750. The van der Waals surface area contributed by atoms with Gasteiger partial charge in [-0.1, -0.05) is 19.1 Å². The molecule has 0 aliphatic carbocycles. The summed E-state index contributed by atoms with van der Waals surface area (Å²) in [5, 5.41) is 2.74. The second-order valence-electron chi connectivity index (χ2n) is 5.49. The maximum atomic E-state index is 12.7. The van der Waals surface area contributed by atoms with Crippen molar-refractivity contribution in [1.82, 2.24) is 10.3 Å². The summed E-state index contributed by atoms with van der Waals surface area (Å²) in [4.78, 5) is 27.0. The highest BCUT2D eigenvalue weighted by atomic mass is 19.4. The Kier molecular flexibility index (Phi) is 5.11. The van der Waals surface area contributed by atoms with Crippen molar-refractivity contribution in [2.45, 2.75) is 32.5 Å². The number of benzene rings is 1. The molecular formula is C17H17F3N2O2. The van der Waals surface area contributed by atoms with Crippen molar-refractivity contribution in [2.24, 2.45) is 0 Å². The third-order valence-electron chi connectivity index (χ3n) is 3.63. The molecule has 0 aliphatic heterocycles. The number of aromatic nitrogens is 1. The maximum Gasteiger partial charge on any atom is 0.416 e. The van der Waals surface area contributed by atoms with E-state index in [4.69, 9.17) is 0 Å². The van der Waals surface area contributed by atoms with Crippen LogP contribution in [0.5, 0.6) is 0 Å². The van der Waals surface area contributed by atoms with Gasteiger partial charge in [0.15, 0.2) is 5.78 Å². The highest BCUT2D eigenvalue weighted by molar-refractivity contribution is 6.10. The van der Waals surface area contributed by atoms with Crippen LogP contribution in [0, 0.1) is 0 Å². The van der Waals surface area contributed by atoms with E-state index in [-0.39, 0.29) is 28.8 Å². The first-order chi connectivity index (χ1) is 11.2.